The van der Waals surface area contributed by atoms with Crippen molar-refractivity contribution in [3.63, 3.8) is 0 Å². The molecule has 1 saturated heterocycles. The molecule has 2 aliphatic rings. The molecule has 0 aromatic heterocycles. The molecule has 1 saturated carbocycles. The lowest BCUT2D eigenvalue weighted by atomic mass is 9.95. The maximum Gasteiger partial charge on any atom is 0.267 e. The van der Waals surface area contributed by atoms with E-state index < -0.39 is 22.0 Å². The van der Waals surface area contributed by atoms with Gasteiger partial charge in [0.1, 0.15) is 6.04 Å². The summed E-state index contributed by atoms with van der Waals surface area (Å²) in [5, 5.41) is 2.95. The molecule has 2 fully saturated rings. The minimum absolute atomic E-state index is 0.0452. The highest BCUT2D eigenvalue weighted by Crippen LogP contribution is 2.28. The Bertz CT molecular complexity index is 752. The average molecular weight is 364 g/mol. The summed E-state index contributed by atoms with van der Waals surface area (Å²) in [7, 11) is -4.02. The number of rotatable bonds is 4. The number of aryl methyl sites for hydroxylation is 1. The topological polar surface area (TPSA) is 83.6 Å². The highest BCUT2D eigenvalue weighted by Gasteiger charge is 2.44. The monoisotopic (exact) mass is 364 g/mol. The van der Waals surface area contributed by atoms with Crippen molar-refractivity contribution >= 4 is 21.8 Å². The zero-order valence-electron chi connectivity index (χ0n) is 14.4. The molecular weight excluding hydrogens is 340 g/mol. The van der Waals surface area contributed by atoms with Crippen molar-refractivity contribution in [1.82, 2.24) is 9.62 Å². The second-order valence-electron chi connectivity index (χ2n) is 6.91. The van der Waals surface area contributed by atoms with Gasteiger partial charge in [0.05, 0.1) is 4.90 Å². The van der Waals surface area contributed by atoms with Crippen molar-refractivity contribution in [3.05, 3.63) is 29.8 Å². The first-order chi connectivity index (χ1) is 11.9. The third-order valence-corrected chi connectivity index (χ3v) is 6.84. The van der Waals surface area contributed by atoms with E-state index in [1.165, 1.54) is 18.6 Å². The van der Waals surface area contributed by atoms with Gasteiger partial charge in [0.25, 0.3) is 10.0 Å². The molecule has 1 atom stereocenters. The van der Waals surface area contributed by atoms with Gasteiger partial charge in [-0.1, -0.05) is 37.0 Å². The first-order valence-electron chi connectivity index (χ1n) is 8.84. The predicted molar refractivity (Wildman–Crippen MR) is 93.2 cm³/mol. The quantitative estimate of drug-likeness (QED) is 0.887. The summed E-state index contributed by atoms with van der Waals surface area (Å²) in [5.74, 6) is -0.863. The molecule has 2 amide bonds. The molecule has 6 nitrogen and oxygen atoms in total. The van der Waals surface area contributed by atoms with Crippen molar-refractivity contribution in [2.24, 2.45) is 0 Å². The van der Waals surface area contributed by atoms with Crippen LogP contribution >= 0.6 is 0 Å². The number of amides is 2. The van der Waals surface area contributed by atoms with Crippen LogP contribution < -0.4 is 5.32 Å². The second kappa shape index (κ2) is 7.15. The number of carbonyl (C=O) groups is 2. The van der Waals surface area contributed by atoms with E-state index in [1.54, 1.807) is 12.1 Å². The fourth-order valence-corrected chi connectivity index (χ4v) is 5.17. The van der Waals surface area contributed by atoms with Gasteiger partial charge in [-0.2, -0.15) is 0 Å². The molecule has 3 rings (SSSR count). The number of hydrogen-bond acceptors (Lipinski definition) is 4. The molecule has 1 aliphatic carbocycles. The van der Waals surface area contributed by atoms with Gasteiger partial charge in [0.2, 0.25) is 11.8 Å². The minimum atomic E-state index is -4.02. The van der Waals surface area contributed by atoms with Crippen LogP contribution in [-0.4, -0.2) is 36.6 Å². The molecule has 1 heterocycles. The van der Waals surface area contributed by atoms with E-state index >= 15 is 0 Å². The van der Waals surface area contributed by atoms with Gasteiger partial charge in [-0.25, -0.2) is 12.7 Å². The maximum absolute atomic E-state index is 12.9. The number of carbonyl (C=O) groups excluding carboxylic acids is 2. The fraction of sp³-hybridized carbons (Fsp3) is 0.556. The van der Waals surface area contributed by atoms with E-state index in [2.05, 4.69) is 5.32 Å². The van der Waals surface area contributed by atoms with E-state index in [9.17, 15) is 18.0 Å². The highest BCUT2D eigenvalue weighted by molar-refractivity contribution is 7.89. The van der Waals surface area contributed by atoms with Crippen LogP contribution in [0.2, 0.25) is 0 Å². The summed E-state index contributed by atoms with van der Waals surface area (Å²) in [4.78, 5) is 24.9. The van der Waals surface area contributed by atoms with Crippen molar-refractivity contribution in [3.8, 4) is 0 Å². The average Bonchev–Trinajstić information content (AvgIpc) is 2.99. The van der Waals surface area contributed by atoms with Crippen LogP contribution in [0, 0.1) is 6.92 Å². The van der Waals surface area contributed by atoms with Crippen molar-refractivity contribution in [1.29, 1.82) is 0 Å². The number of nitrogens with zero attached hydrogens (tertiary/aromatic N) is 1. The Morgan fingerprint density at radius 1 is 1.08 bits per heavy atom. The Morgan fingerprint density at radius 3 is 2.36 bits per heavy atom. The van der Waals surface area contributed by atoms with Crippen molar-refractivity contribution in [2.45, 2.75) is 68.8 Å². The number of nitrogens with one attached hydrogen (secondary N) is 1. The first-order valence-corrected chi connectivity index (χ1v) is 10.3. The summed E-state index contributed by atoms with van der Waals surface area (Å²) in [6.45, 7) is 1.86. The number of sulfonamides is 1. The largest absolute Gasteiger partial charge is 0.352 e. The lowest BCUT2D eigenvalue weighted by molar-refractivity contribution is -0.131. The van der Waals surface area contributed by atoms with Gasteiger partial charge in [-0.15, -0.1) is 0 Å². The summed E-state index contributed by atoms with van der Waals surface area (Å²) >= 11 is 0. The maximum atomic E-state index is 12.9. The summed E-state index contributed by atoms with van der Waals surface area (Å²) in [6.07, 6.45) is 5.45. The molecule has 7 heteroatoms. The normalized spacial score (nSPS) is 22.2. The summed E-state index contributed by atoms with van der Waals surface area (Å²) in [6, 6.07) is 5.47. The Morgan fingerprint density at radius 2 is 1.72 bits per heavy atom. The molecular formula is C18H24N2O4S. The van der Waals surface area contributed by atoms with Crippen LogP contribution in [-0.2, 0) is 19.6 Å². The molecule has 0 unspecified atom stereocenters. The summed E-state index contributed by atoms with van der Waals surface area (Å²) in [5.41, 5.74) is 0.929. The van der Waals surface area contributed by atoms with Crippen LogP contribution in [0.1, 0.15) is 50.5 Å². The molecule has 1 aromatic carbocycles. The van der Waals surface area contributed by atoms with Gasteiger partial charge < -0.3 is 5.32 Å². The van der Waals surface area contributed by atoms with E-state index in [0.717, 1.165) is 35.6 Å². The zero-order chi connectivity index (χ0) is 18.0. The van der Waals surface area contributed by atoms with Crippen molar-refractivity contribution in [2.75, 3.05) is 0 Å². The Kier molecular flexibility index (Phi) is 5.13. The Labute approximate surface area is 148 Å². The highest BCUT2D eigenvalue weighted by atomic mass is 32.2. The Hall–Kier alpha value is -1.89. The molecule has 1 N–H and O–H groups in total. The molecule has 1 aromatic rings. The van der Waals surface area contributed by atoms with Gasteiger partial charge in [-0.3, -0.25) is 9.59 Å². The first kappa shape index (κ1) is 17.9. The molecule has 0 spiro atoms. The SMILES string of the molecule is Cc1ccc(S(=O)(=O)N2C(=O)CC[C@H]2C(=O)NC2CCCCC2)cc1. The third-order valence-electron chi connectivity index (χ3n) is 4.99. The molecule has 25 heavy (non-hydrogen) atoms. The van der Waals surface area contributed by atoms with Crippen molar-refractivity contribution < 1.29 is 18.0 Å². The van der Waals surface area contributed by atoms with Crippen LogP contribution in [0.4, 0.5) is 0 Å². The van der Waals surface area contributed by atoms with E-state index in [1.807, 2.05) is 6.92 Å². The van der Waals surface area contributed by atoms with Crippen LogP contribution in [0.3, 0.4) is 0 Å². The lowest BCUT2D eigenvalue weighted by Crippen LogP contribution is -2.50. The van der Waals surface area contributed by atoms with Crippen LogP contribution in [0.5, 0.6) is 0 Å². The third kappa shape index (κ3) is 3.71. The van der Waals surface area contributed by atoms with Gasteiger partial charge in [0.15, 0.2) is 0 Å². The van der Waals surface area contributed by atoms with E-state index in [4.69, 9.17) is 0 Å². The smallest absolute Gasteiger partial charge is 0.267 e. The van der Waals surface area contributed by atoms with E-state index in [-0.39, 0.29) is 29.7 Å². The zero-order valence-corrected chi connectivity index (χ0v) is 15.2. The minimum Gasteiger partial charge on any atom is -0.352 e. The lowest BCUT2D eigenvalue weighted by Gasteiger charge is -2.28. The molecule has 0 radical (unpaired) electrons. The second-order valence-corrected chi connectivity index (χ2v) is 8.72. The molecule has 136 valence electrons. The van der Waals surface area contributed by atoms with Crippen LogP contribution in [0.25, 0.3) is 0 Å². The van der Waals surface area contributed by atoms with Crippen LogP contribution in [0.15, 0.2) is 29.2 Å². The number of benzene rings is 1. The predicted octanol–water partition coefficient (Wildman–Crippen LogP) is 2.12. The van der Waals surface area contributed by atoms with Gasteiger partial charge in [0, 0.05) is 12.5 Å². The van der Waals surface area contributed by atoms with Gasteiger partial charge in [-0.05, 0) is 38.3 Å². The standard InChI is InChI=1S/C18H24N2O4S/c1-13-7-9-15(10-8-13)25(23,24)20-16(11-12-17(20)21)18(22)19-14-5-3-2-4-6-14/h7-10,14,16H,2-6,11-12H2,1H3,(H,19,22)/t16-/m0/s1. The van der Waals surface area contributed by atoms with E-state index in [0.29, 0.717) is 0 Å². The fourth-order valence-electron chi connectivity index (χ4n) is 3.57. The molecule has 1 aliphatic heterocycles. The van der Waals surface area contributed by atoms with Gasteiger partial charge >= 0.3 is 0 Å². The number of hydrogen-bond donors (Lipinski definition) is 1. The molecule has 0 bridgehead atoms. The summed E-state index contributed by atoms with van der Waals surface area (Å²) < 4.78 is 26.6. The Balaban J connectivity index is 1.81.